The Kier molecular flexibility index (Phi) is 5.63. The van der Waals surface area contributed by atoms with E-state index in [2.05, 4.69) is 108 Å². The molecule has 0 saturated carbocycles. The Morgan fingerprint density at radius 1 is 0.700 bits per heavy atom. The van der Waals surface area contributed by atoms with Crippen LogP contribution in [0.3, 0.4) is 0 Å². The van der Waals surface area contributed by atoms with Gasteiger partial charge < -0.3 is 0 Å². The molecule has 1 heterocycles. The molecule has 0 spiro atoms. The lowest BCUT2D eigenvalue weighted by Gasteiger charge is -2.37. The molecule has 0 bridgehead atoms. The number of nitrogens with zero attached hydrogens (tertiary/aromatic N) is 1. The molecule has 1 saturated heterocycles. The highest BCUT2D eigenvalue weighted by molar-refractivity contribution is 5.76. The molecular formula is C29H29N. The highest BCUT2D eigenvalue weighted by Crippen LogP contribution is 2.43. The first-order chi connectivity index (χ1) is 14.9. The summed E-state index contributed by atoms with van der Waals surface area (Å²) < 4.78 is 0. The molecule has 0 unspecified atom stereocenters. The van der Waals surface area contributed by atoms with E-state index in [4.69, 9.17) is 0 Å². The summed E-state index contributed by atoms with van der Waals surface area (Å²) in [4.78, 5) is 2.60. The zero-order chi connectivity index (χ0) is 20.2. The van der Waals surface area contributed by atoms with E-state index < -0.39 is 0 Å². The first-order valence-corrected chi connectivity index (χ1v) is 11.2. The number of hydrogen-bond acceptors (Lipinski definition) is 1. The molecule has 0 aromatic heterocycles. The SMILES string of the molecule is C(=Cc1ccccc1)CN1CCC(C2c3ccccc3C=Cc3ccccc32)CC1. The van der Waals surface area contributed by atoms with Crippen molar-refractivity contribution in [1.29, 1.82) is 0 Å². The van der Waals surface area contributed by atoms with Crippen LogP contribution in [0, 0.1) is 5.92 Å². The summed E-state index contributed by atoms with van der Waals surface area (Å²) in [7, 11) is 0. The van der Waals surface area contributed by atoms with E-state index in [0.717, 1.165) is 6.54 Å². The second-order valence-electron chi connectivity index (χ2n) is 8.52. The number of fused-ring (bicyclic) bond motifs is 2. The number of hydrogen-bond donors (Lipinski definition) is 0. The second-order valence-corrected chi connectivity index (χ2v) is 8.52. The number of rotatable bonds is 4. The Labute approximate surface area is 180 Å². The van der Waals surface area contributed by atoms with Crippen molar-refractivity contribution < 1.29 is 0 Å². The third-order valence-corrected chi connectivity index (χ3v) is 6.68. The first kappa shape index (κ1) is 19.1. The van der Waals surface area contributed by atoms with Gasteiger partial charge in [-0.25, -0.2) is 0 Å². The summed E-state index contributed by atoms with van der Waals surface area (Å²) in [6.45, 7) is 3.40. The fourth-order valence-electron chi connectivity index (χ4n) is 5.12. The van der Waals surface area contributed by atoms with Crippen LogP contribution in [0.15, 0.2) is 84.9 Å². The molecule has 3 aromatic carbocycles. The van der Waals surface area contributed by atoms with Gasteiger partial charge in [0, 0.05) is 12.5 Å². The van der Waals surface area contributed by atoms with Crippen LogP contribution in [0.4, 0.5) is 0 Å². The van der Waals surface area contributed by atoms with E-state index in [1.54, 1.807) is 0 Å². The lowest BCUT2D eigenvalue weighted by molar-refractivity contribution is 0.190. The molecular weight excluding hydrogens is 362 g/mol. The lowest BCUT2D eigenvalue weighted by Crippen LogP contribution is -2.36. The molecule has 1 nitrogen and oxygen atoms in total. The standard InChI is InChI=1S/C29H29N/c1-2-9-23(10-3-1)11-8-20-30-21-18-26(19-22-30)29-27-14-6-4-12-24(27)16-17-25-13-5-7-15-28(25)29/h1-17,26,29H,18-22H2. The molecule has 0 N–H and O–H groups in total. The minimum absolute atomic E-state index is 0.495. The largest absolute Gasteiger partial charge is 0.300 e. The van der Waals surface area contributed by atoms with Gasteiger partial charge in [0.1, 0.15) is 0 Å². The molecule has 30 heavy (non-hydrogen) atoms. The normalized spacial score (nSPS) is 17.6. The van der Waals surface area contributed by atoms with Crippen LogP contribution in [0.1, 0.15) is 46.6 Å². The fourth-order valence-corrected chi connectivity index (χ4v) is 5.12. The lowest BCUT2D eigenvalue weighted by atomic mass is 9.74. The highest BCUT2D eigenvalue weighted by atomic mass is 15.1. The summed E-state index contributed by atoms with van der Waals surface area (Å²) in [6.07, 6.45) is 11.7. The Bertz CT molecular complexity index is 989. The van der Waals surface area contributed by atoms with Crippen molar-refractivity contribution in [3.63, 3.8) is 0 Å². The van der Waals surface area contributed by atoms with Gasteiger partial charge >= 0.3 is 0 Å². The average Bonchev–Trinajstić information content (AvgIpc) is 2.97. The molecule has 1 aliphatic heterocycles. The van der Waals surface area contributed by atoms with Gasteiger partial charge in [0.2, 0.25) is 0 Å². The van der Waals surface area contributed by atoms with Crippen molar-refractivity contribution in [3.8, 4) is 0 Å². The molecule has 150 valence electrons. The van der Waals surface area contributed by atoms with Crippen molar-refractivity contribution in [2.75, 3.05) is 19.6 Å². The van der Waals surface area contributed by atoms with Gasteiger partial charge in [-0.3, -0.25) is 4.90 Å². The summed E-state index contributed by atoms with van der Waals surface area (Å²) >= 11 is 0. The molecule has 1 fully saturated rings. The van der Waals surface area contributed by atoms with Crippen LogP contribution in [-0.2, 0) is 0 Å². The van der Waals surface area contributed by atoms with Gasteiger partial charge in [-0.1, -0.05) is 103 Å². The molecule has 0 atom stereocenters. The van der Waals surface area contributed by atoms with E-state index in [9.17, 15) is 0 Å². The van der Waals surface area contributed by atoms with Crippen molar-refractivity contribution in [2.24, 2.45) is 5.92 Å². The van der Waals surface area contributed by atoms with E-state index in [1.807, 2.05) is 0 Å². The van der Waals surface area contributed by atoms with Crippen molar-refractivity contribution >= 4 is 18.2 Å². The number of piperidine rings is 1. The van der Waals surface area contributed by atoms with E-state index >= 15 is 0 Å². The van der Waals surface area contributed by atoms with E-state index in [0.29, 0.717) is 11.8 Å². The topological polar surface area (TPSA) is 3.24 Å². The van der Waals surface area contributed by atoms with Crippen LogP contribution in [0.2, 0.25) is 0 Å². The van der Waals surface area contributed by atoms with E-state index in [-0.39, 0.29) is 0 Å². The van der Waals surface area contributed by atoms with Gasteiger partial charge in [0.25, 0.3) is 0 Å². The Balaban J connectivity index is 1.31. The highest BCUT2D eigenvalue weighted by Gasteiger charge is 2.31. The van der Waals surface area contributed by atoms with Crippen LogP contribution in [-0.4, -0.2) is 24.5 Å². The molecule has 1 aliphatic carbocycles. The molecule has 2 aliphatic rings. The molecule has 3 aromatic rings. The maximum absolute atomic E-state index is 2.60. The summed E-state index contributed by atoms with van der Waals surface area (Å²) in [5.74, 6) is 1.19. The number of likely N-dealkylation sites (tertiary alicyclic amines) is 1. The predicted molar refractivity (Wildman–Crippen MR) is 128 cm³/mol. The third-order valence-electron chi connectivity index (χ3n) is 6.68. The van der Waals surface area contributed by atoms with Crippen molar-refractivity contribution in [1.82, 2.24) is 4.90 Å². The zero-order valence-electron chi connectivity index (χ0n) is 17.5. The van der Waals surface area contributed by atoms with Gasteiger partial charge in [-0.15, -0.1) is 0 Å². The monoisotopic (exact) mass is 391 g/mol. The van der Waals surface area contributed by atoms with Crippen molar-refractivity contribution in [2.45, 2.75) is 18.8 Å². The van der Waals surface area contributed by atoms with Crippen LogP contribution in [0.25, 0.3) is 18.2 Å². The van der Waals surface area contributed by atoms with Crippen LogP contribution < -0.4 is 0 Å². The Morgan fingerprint density at radius 3 is 1.90 bits per heavy atom. The molecule has 5 rings (SSSR count). The predicted octanol–water partition coefficient (Wildman–Crippen LogP) is 6.73. The van der Waals surface area contributed by atoms with Crippen LogP contribution in [0.5, 0.6) is 0 Å². The zero-order valence-corrected chi connectivity index (χ0v) is 17.5. The minimum atomic E-state index is 0.495. The summed E-state index contributed by atoms with van der Waals surface area (Å²) in [5, 5.41) is 0. The average molecular weight is 392 g/mol. The number of benzene rings is 3. The summed E-state index contributed by atoms with van der Waals surface area (Å²) in [5.41, 5.74) is 7.05. The Hall–Kier alpha value is -2.90. The van der Waals surface area contributed by atoms with Crippen LogP contribution >= 0.6 is 0 Å². The Morgan fingerprint density at radius 2 is 1.27 bits per heavy atom. The van der Waals surface area contributed by atoms with E-state index in [1.165, 1.54) is 53.7 Å². The van der Waals surface area contributed by atoms with Gasteiger partial charge in [0.05, 0.1) is 0 Å². The first-order valence-electron chi connectivity index (χ1n) is 11.2. The van der Waals surface area contributed by atoms with Gasteiger partial charge in [-0.2, -0.15) is 0 Å². The second kappa shape index (κ2) is 8.85. The van der Waals surface area contributed by atoms with Gasteiger partial charge in [0.15, 0.2) is 0 Å². The molecule has 0 amide bonds. The fraction of sp³-hybridized carbons (Fsp3) is 0.241. The van der Waals surface area contributed by atoms with Crippen molar-refractivity contribution in [3.05, 3.63) is 113 Å². The molecule has 1 heteroatoms. The maximum Gasteiger partial charge on any atom is 0.0166 e. The maximum atomic E-state index is 2.60. The quantitative estimate of drug-likeness (QED) is 0.477. The third kappa shape index (κ3) is 4.04. The minimum Gasteiger partial charge on any atom is -0.300 e. The molecule has 0 radical (unpaired) electrons. The van der Waals surface area contributed by atoms with Gasteiger partial charge in [-0.05, 0) is 59.7 Å². The summed E-state index contributed by atoms with van der Waals surface area (Å²) in [6, 6.07) is 28.6. The smallest absolute Gasteiger partial charge is 0.0166 e.